The molecule has 0 bridgehead atoms. The summed E-state index contributed by atoms with van der Waals surface area (Å²) in [7, 11) is -1.29. The molecule has 26 heavy (non-hydrogen) atoms. The van der Waals surface area contributed by atoms with Crippen LogP contribution in [0, 0.1) is 6.08 Å². The molecule has 5 heteroatoms. The smallest absolute Gasteiger partial charge is 0.183 e. The van der Waals surface area contributed by atoms with E-state index < -0.39 is 8.32 Å². The van der Waals surface area contributed by atoms with Gasteiger partial charge < -0.3 is 29.2 Å². The van der Waals surface area contributed by atoms with E-state index in [1.165, 1.54) is 40.6 Å². The number of fused-ring (bicyclic) bond motifs is 1. The topological polar surface area (TPSA) is 9.23 Å². The van der Waals surface area contributed by atoms with Crippen LogP contribution < -0.4 is 24.8 Å². The predicted molar refractivity (Wildman–Crippen MR) is 106 cm³/mol. The Bertz CT molecular complexity index is 642. The monoisotopic (exact) mass is 484 g/mol. The van der Waals surface area contributed by atoms with Crippen LogP contribution in [0.25, 0.3) is 10.8 Å². The van der Waals surface area contributed by atoms with E-state index in [0.29, 0.717) is 0 Å². The molecule has 0 spiro atoms. The second-order valence-electron chi connectivity index (χ2n) is 6.49. The van der Waals surface area contributed by atoms with Gasteiger partial charge in [0.2, 0.25) is 0 Å². The third-order valence-electron chi connectivity index (χ3n) is 3.24. The molecule has 3 rings (SSSR count). The van der Waals surface area contributed by atoms with E-state index in [-0.39, 0.29) is 24.8 Å². The summed E-state index contributed by atoms with van der Waals surface area (Å²) in [4.78, 5) is 0. The van der Waals surface area contributed by atoms with E-state index in [1.54, 1.807) is 0 Å². The molecule has 0 heterocycles. The summed E-state index contributed by atoms with van der Waals surface area (Å²) in [5.74, 6) is 0. The van der Waals surface area contributed by atoms with E-state index in [4.69, 9.17) is 4.43 Å². The predicted octanol–water partition coefficient (Wildman–Crippen LogP) is -0.161. The number of allylic oxidation sites excluding steroid dienone is 3. The first-order valence-electron chi connectivity index (χ1n) is 8.41. The van der Waals surface area contributed by atoms with E-state index >= 15 is 0 Å². The second-order valence-corrected chi connectivity index (χ2v) is 12.4. The molecule has 0 N–H and O–H groups in total. The van der Waals surface area contributed by atoms with Gasteiger partial charge in [-0.3, -0.25) is 6.08 Å². The first kappa shape index (κ1) is 28.0. The maximum atomic E-state index is 5.74. The van der Waals surface area contributed by atoms with Gasteiger partial charge in [0.15, 0.2) is 8.32 Å². The van der Waals surface area contributed by atoms with Crippen molar-refractivity contribution in [3.05, 3.63) is 66.3 Å². The molecule has 1 nitrogen and oxygen atoms in total. The zero-order valence-electron chi connectivity index (χ0n) is 16.1. The van der Waals surface area contributed by atoms with E-state index in [1.807, 2.05) is 6.92 Å². The van der Waals surface area contributed by atoms with Crippen LogP contribution in [0.15, 0.2) is 60.2 Å². The van der Waals surface area contributed by atoms with Crippen LogP contribution in [0.4, 0.5) is 0 Å². The summed E-state index contributed by atoms with van der Waals surface area (Å²) in [5.41, 5.74) is 1.38. The summed E-state index contributed by atoms with van der Waals surface area (Å²) in [5, 5.41) is 2.66. The van der Waals surface area contributed by atoms with Crippen LogP contribution in [0.1, 0.15) is 19.8 Å². The Labute approximate surface area is 187 Å². The molecule has 0 aromatic heterocycles. The Balaban J connectivity index is 0. The van der Waals surface area contributed by atoms with Gasteiger partial charge >= 0.3 is 34.9 Å². The molecule has 2 aromatic carbocycles. The zero-order chi connectivity index (χ0) is 17.8. The first-order chi connectivity index (χ1) is 11.5. The molecule has 0 unspecified atom stereocenters. The molecule has 1 aliphatic carbocycles. The van der Waals surface area contributed by atoms with Crippen molar-refractivity contribution in [3.63, 3.8) is 0 Å². The van der Waals surface area contributed by atoms with Crippen molar-refractivity contribution in [3.8, 4) is 0 Å². The molecule has 0 radical (unpaired) electrons. The van der Waals surface area contributed by atoms with Crippen molar-refractivity contribution >= 4 is 22.8 Å². The van der Waals surface area contributed by atoms with Crippen molar-refractivity contribution in [2.24, 2.45) is 0 Å². The average molecular weight is 487 g/mol. The third-order valence-corrected chi connectivity index (χ3v) is 4.31. The summed E-state index contributed by atoms with van der Waals surface area (Å²) < 4.78 is 7.83. The maximum absolute atomic E-state index is 5.74. The van der Waals surface area contributed by atoms with Crippen LogP contribution in [-0.2, 0) is 28.7 Å². The fourth-order valence-electron chi connectivity index (χ4n) is 2.16. The normalized spacial score (nSPS) is 11.8. The maximum Gasteiger partial charge on any atom is 0.183 e. The van der Waals surface area contributed by atoms with Crippen LogP contribution in [0.5, 0.6) is 0 Å². The minimum atomic E-state index is -1.29. The Kier molecular flexibility index (Phi) is 17.1. The largest absolute Gasteiger partial charge is 1.00 e. The standard InChI is InChI=1S/C10H17OSi.C9H7.C2H4.2ClH.Zr/c1-12(2,3)11-9-8-10-6-4-5-7-10;1-2-5-9-7-3-6-8(9)4-1;1-2;;;/h6-7H,4,8-9H2,1-3H3;1-7H;1H,2H3;2*1H;/q2*-1;;;;+2/p-2. The number of hydrogen-bond donors (Lipinski definition) is 0. The Morgan fingerprint density at radius 2 is 1.85 bits per heavy atom. The van der Waals surface area contributed by atoms with Gasteiger partial charge in [-0.05, 0) is 19.6 Å². The fraction of sp³-hybridized carbons (Fsp3) is 0.333. The Morgan fingerprint density at radius 1 is 1.19 bits per heavy atom. The number of benzene rings is 1. The molecule has 0 aliphatic heterocycles. The summed E-state index contributed by atoms with van der Waals surface area (Å²) in [6, 6.07) is 14.7. The van der Waals surface area contributed by atoms with Crippen molar-refractivity contribution in [2.75, 3.05) is 6.61 Å². The first-order valence-corrected chi connectivity index (χ1v) is 13.2. The minimum absolute atomic E-state index is 0. The second kappa shape index (κ2) is 15.8. The quantitative estimate of drug-likeness (QED) is 0.431. The van der Waals surface area contributed by atoms with Crippen molar-refractivity contribution in [1.29, 1.82) is 0 Å². The number of rotatable bonds is 4. The van der Waals surface area contributed by atoms with E-state index in [2.05, 4.69) is 84.0 Å². The molecule has 1 aliphatic rings. The van der Waals surface area contributed by atoms with Gasteiger partial charge in [0.05, 0.1) is 0 Å². The van der Waals surface area contributed by atoms with Gasteiger partial charge in [-0.15, -0.1) is 36.1 Å². The summed E-state index contributed by atoms with van der Waals surface area (Å²) in [6.45, 7) is 9.58. The van der Waals surface area contributed by atoms with Crippen molar-refractivity contribution in [2.45, 2.75) is 39.4 Å². The summed E-state index contributed by atoms with van der Waals surface area (Å²) >= 11 is 1.51. The molecular weight excluding hydrogens is 458 g/mol. The van der Waals surface area contributed by atoms with Crippen LogP contribution >= 0.6 is 0 Å². The van der Waals surface area contributed by atoms with E-state index in [9.17, 15) is 0 Å². The average Bonchev–Trinajstić information content (AvgIpc) is 3.18. The van der Waals surface area contributed by atoms with Gasteiger partial charge in [0.25, 0.3) is 0 Å². The third kappa shape index (κ3) is 13.1. The van der Waals surface area contributed by atoms with Gasteiger partial charge in [-0.25, -0.2) is 6.08 Å². The molecule has 0 amide bonds. The van der Waals surface area contributed by atoms with Crippen LogP contribution in [-0.4, -0.2) is 18.6 Å². The molecule has 0 atom stereocenters. The zero-order valence-corrected chi connectivity index (χ0v) is 21.0. The van der Waals surface area contributed by atoms with Crippen LogP contribution in [0.3, 0.4) is 0 Å². The number of halogens is 2. The van der Waals surface area contributed by atoms with Crippen LogP contribution in [0.2, 0.25) is 19.6 Å². The van der Waals surface area contributed by atoms with Crippen molar-refractivity contribution < 1.29 is 53.5 Å². The molecule has 0 saturated heterocycles. The van der Waals surface area contributed by atoms with Gasteiger partial charge in [-0.2, -0.15) is 29.2 Å². The Hall–Kier alpha value is -0.180. The summed E-state index contributed by atoms with van der Waals surface area (Å²) in [6.07, 6.45) is 9.49. The van der Waals surface area contributed by atoms with Gasteiger partial charge in [0, 0.05) is 6.61 Å². The molecule has 2 aromatic rings. The molecule has 142 valence electrons. The molecule has 0 fully saturated rings. The van der Waals surface area contributed by atoms with Gasteiger partial charge in [0.1, 0.15) is 0 Å². The Morgan fingerprint density at radius 3 is 2.38 bits per heavy atom. The fourth-order valence-corrected chi connectivity index (χ4v) is 2.87. The van der Waals surface area contributed by atoms with Crippen molar-refractivity contribution in [1.82, 2.24) is 0 Å². The minimum Gasteiger partial charge on any atom is -1.00 e. The number of hydrogen-bond acceptors (Lipinski definition) is 1. The SMILES string of the molecule is C[CH]=[Zr+2].C[Si](C)(C)OCCC1=CC[C-]=C1.[Cl-].[Cl-].c1ccc2[cH-]ccc2c1. The van der Waals surface area contributed by atoms with Gasteiger partial charge in [-0.1, -0.05) is 12.5 Å². The molecular formula is C21H28Cl2OSiZr-2. The van der Waals surface area contributed by atoms with E-state index in [0.717, 1.165) is 19.4 Å². The molecule has 0 saturated carbocycles.